The maximum atomic E-state index is 11.5. The molecular weight excluding hydrogens is 372 g/mol. The normalized spacial score (nSPS) is 10.6. The van der Waals surface area contributed by atoms with Crippen molar-refractivity contribution in [3.8, 4) is 22.6 Å². The molecule has 1 aromatic heterocycles. The second-order valence-corrected chi connectivity index (χ2v) is 5.84. The van der Waals surface area contributed by atoms with Crippen molar-refractivity contribution in [1.29, 1.82) is 0 Å². The monoisotopic (exact) mass is 378 g/mol. The second kappa shape index (κ2) is 5.90. The molecule has 5 nitrogen and oxygen atoms in total. The summed E-state index contributed by atoms with van der Waals surface area (Å²) in [5.41, 5.74) is 1.12. The van der Waals surface area contributed by atoms with Crippen molar-refractivity contribution >= 4 is 33.2 Å². The molecule has 2 aromatic carbocycles. The Balaban J connectivity index is 2.18. The Kier molecular flexibility index (Phi) is 3.96. The number of nitrogens with zero attached hydrogens (tertiary/aromatic N) is 2. The molecule has 0 bridgehead atoms. The quantitative estimate of drug-likeness (QED) is 0.455. The maximum Gasteiger partial charge on any atom is 0.344 e. The highest BCUT2D eigenvalue weighted by atomic mass is 79.9. The van der Waals surface area contributed by atoms with Gasteiger partial charge in [-0.2, -0.15) is 0 Å². The van der Waals surface area contributed by atoms with Crippen LogP contribution < -0.4 is 0 Å². The van der Waals surface area contributed by atoms with Crippen LogP contribution in [-0.2, 0) is 0 Å². The van der Waals surface area contributed by atoms with E-state index in [9.17, 15) is 10.1 Å². The minimum absolute atomic E-state index is 0.0884. The lowest BCUT2D eigenvalue weighted by molar-refractivity contribution is -0.383. The van der Waals surface area contributed by atoms with Crippen molar-refractivity contribution in [3.05, 3.63) is 68.1 Å². The van der Waals surface area contributed by atoms with Gasteiger partial charge in [-0.15, -0.1) is 0 Å². The molecule has 7 heteroatoms. The lowest BCUT2D eigenvalue weighted by Crippen LogP contribution is -1.91. The molecule has 0 aliphatic rings. The number of nitro groups is 1. The number of benzene rings is 2. The van der Waals surface area contributed by atoms with Crippen molar-refractivity contribution < 1.29 is 9.45 Å². The van der Waals surface area contributed by atoms with E-state index >= 15 is 0 Å². The Morgan fingerprint density at radius 3 is 2.50 bits per heavy atom. The van der Waals surface area contributed by atoms with E-state index in [-0.39, 0.29) is 17.1 Å². The molecule has 0 saturated heterocycles. The first-order valence-electron chi connectivity index (χ1n) is 6.22. The van der Waals surface area contributed by atoms with Crippen molar-refractivity contribution in [1.82, 2.24) is 5.16 Å². The highest BCUT2D eigenvalue weighted by Crippen LogP contribution is 2.39. The molecule has 1 heterocycles. The maximum absolute atomic E-state index is 11.5. The molecule has 0 unspecified atom stereocenters. The summed E-state index contributed by atoms with van der Waals surface area (Å²) in [6.45, 7) is 0. The van der Waals surface area contributed by atoms with Crippen molar-refractivity contribution in [2.45, 2.75) is 0 Å². The third kappa shape index (κ3) is 2.75. The largest absolute Gasteiger partial charge is 0.348 e. The van der Waals surface area contributed by atoms with Gasteiger partial charge in [-0.3, -0.25) is 10.1 Å². The molecule has 0 radical (unpaired) electrons. The van der Waals surface area contributed by atoms with Crippen LogP contribution in [0.5, 0.6) is 0 Å². The molecule has 0 atom stereocenters. The van der Waals surface area contributed by atoms with Gasteiger partial charge in [0.1, 0.15) is 0 Å². The van der Waals surface area contributed by atoms with Crippen LogP contribution in [0.15, 0.2) is 57.5 Å². The molecule has 3 aromatic rings. The topological polar surface area (TPSA) is 69.2 Å². The van der Waals surface area contributed by atoms with Crippen LogP contribution in [0.4, 0.5) is 5.69 Å². The molecule has 110 valence electrons. The number of hydrogen-bond donors (Lipinski definition) is 0. The van der Waals surface area contributed by atoms with E-state index in [0.29, 0.717) is 16.1 Å². The summed E-state index contributed by atoms with van der Waals surface area (Å²) in [5.74, 6) is 0.0884. The molecule has 0 N–H and O–H groups in total. The van der Waals surface area contributed by atoms with Gasteiger partial charge in [-0.05, 0) is 24.3 Å². The third-order valence-electron chi connectivity index (χ3n) is 3.05. The van der Waals surface area contributed by atoms with E-state index in [1.165, 1.54) is 0 Å². The molecule has 0 amide bonds. The summed E-state index contributed by atoms with van der Waals surface area (Å²) < 4.78 is 6.09. The number of hydrogen-bond acceptors (Lipinski definition) is 4. The molecule has 0 saturated carbocycles. The molecule has 0 fully saturated rings. The second-order valence-electron chi connectivity index (χ2n) is 4.48. The molecule has 22 heavy (non-hydrogen) atoms. The van der Waals surface area contributed by atoms with Crippen molar-refractivity contribution in [2.24, 2.45) is 0 Å². The van der Waals surface area contributed by atoms with E-state index in [0.717, 1.165) is 4.47 Å². The van der Waals surface area contributed by atoms with Crippen LogP contribution >= 0.6 is 27.5 Å². The first kappa shape index (κ1) is 14.7. The summed E-state index contributed by atoms with van der Waals surface area (Å²) in [6.07, 6.45) is 0. The zero-order valence-corrected chi connectivity index (χ0v) is 13.3. The smallest absolute Gasteiger partial charge is 0.344 e. The summed E-state index contributed by atoms with van der Waals surface area (Å²) in [5, 5.41) is 15.8. The highest BCUT2D eigenvalue weighted by Gasteiger charge is 2.29. The van der Waals surface area contributed by atoms with Crippen molar-refractivity contribution in [3.63, 3.8) is 0 Å². The fourth-order valence-corrected chi connectivity index (χ4v) is 2.53. The molecule has 3 rings (SSSR count). The van der Waals surface area contributed by atoms with Gasteiger partial charge in [-0.25, -0.2) is 0 Å². The highest BCUT2D eigenvalue weighted by molar-refractivity contribution is 9.10. The van der Waals surface area contributed by atoms with E-state index in [4.69, 9.17) is 16.1 Å². The van der Waals surface area contributed by atoms with Crippen molar-refractivity contribution in [2.75, 3.05) is 0 Å². The van der Waals surface area contributed by atoms with E-state index in [1.807, 2.05) is 0 Å². The van der Waals surface area contributed by atoms with Crippen LogP contribution in [0, 0.1) is 10.1 Å². The van der Waals surface area contributed by atoms with E-state index in [2.05, 4.69) is 21.1 Å². The predicted molar refractivity (Wildman–Crippen MR) is 86.7 cm³/mol. The van der Waals surface area contributed by atoms with Gasteiger partial charge in [0.25, 0.3) is 0 Å². The van der Waals surface area contributed by atoms with Crippen LogP contribution in [0.25, 0.3) is 22.6 Å². The molecule has 0 spiro atoms. The Morgan fingerprint density at radius 1 is 1.14 bits per heavy atom. The summed E-state index contributed by atoms with van der Waals surface area (Å²) >= 11 is 9.25. The summed E-state index contributed by atoms with van der Waals surface area (Å²) in [6, 6.07) is 13.7. The Labute approximate surface area is 138 Å². The average Bonchev–Trinajstić information content (AvgIpc) is 2.93. The lowest BCUT2D eigenvalue weighted by atomic mass is 10.1. The number of aromatic nitrogens is 1. The average molecular weight is 380 g/mol. The van der Waals surface area contributed by atoms with E-state index < -0.39 is 4.92 Å². The fourth-order valence-electron chi connectivity index (χ4n) is 2.07. The summed E-state index contributed by atoms with van der Waals surface area (Å²) in [4.78, 5) is 11.0. The Bertz CT molecular complexity index is 846. The zero-order chi connectivity index (χ0) is 15.7. The molecule has 0 aliphatic heterocycles. The van der Waals surface area contributed by atoms with Crippen LogP contribution in [0.3, 0.4) is 0 Å². The standard InChI is InChI=1S/C15H8BrClN2O3/c16-11-6-4-9(5-7-11)13-14(19(20)21)15(22-18-13)10-2-1-3-12(17)8-10/h1-8H. The number of rotatable bonds is 3. The Morgan fingerprint density at radius 2 is 1.86 bits per heavy atom. The van der Waals surface area contributed by atoms with Gasteiger partial charge in [0, 0.05) is 20.6 Å². The molecule has 0 aliphatic carbocycles. The van der Waals surface area contributed by atoms with Gasteiger partial charge in [0.2, 0.25) is 5.76 Å². The van der Waals surface area contributed by atoms with Gasteiger partial charge in [-0.1, -0.05) is 57.0 Å². The minimum atomic E-state index is -0.496. The fraction of sp³-hybridized carbons (Fsp3) is 0. The van der Waals surface area contributed by atoms with Gasteiger partial charge >= 0.3 is 5.69 Å². The predicted octanol–water partition coefficient (Wildman–Crippen LogP) is 5.33. The third-order valence-corrected chi connectivity index (χ3v) is 3.82. The van der Waals surface area contributed by atoms with Gasteiger partial charge < -0.3 is 4.52 Å². The van der Waals surface area contributed by atoms with Crippen LogP contribution in [-0.4, -0.2) is 10.1 Å². The lowest BCUT2D eigenvalue weighted by Gasteiger charge is -1.98. The minimum Gasteiger partial charge on any atom is -0.348 e. The number of halogens is 2. The molecular formula is C15H8BrClN2O3. The SMILES string of the molecule is O=[N+]([O-])c1c(-c2ccc(Br)cc2)noc1-c1cccc(Cl)c1. The zero-order valence-electron chi connectivity index (χ0n) is 11.0. The van der Waals surface area contributed by atoms with Gasteiger partial charge in [0.05, 0.1) is 4.92 Å². The first-order valence-corrected chi connectivity index (χ1v) is 7.39. The first-order chi connectivity index (χ1) is 10.6. The van der Waals surface area contributed by atoms with Crippen LogP contribution in [0.1, 0.15) is 0 Å². The van der Waals surface area contributed by atoms with Crippen LogP contribution in [0.2, 0.25) is 5.02 Å². The van der Waals surface area contributed by atoms with E-state index in [1.54, 1.807) is 48.5 Å². The summed E-state index contributed by atoms with van der Waals surface area (Å²) in [7, 11) is 0. The van der Waals surface area contributed by atoms with Gasteiger partial charge in [0.15, 0.2) is 5.69 Å². The Hall–Kier alpha value is -2.18.